The smallest absolute Gasteiger partial charge is 0.166 e. The molecule has 3 N–H and O–H groups in total. The number of nitrogens with zero attached hydrogens (tertiary/aromatic N) is 3. The van der Waals surface area contributed by atoms with Crippen LogP contribution in [0, 0.1) is 5.82 Å². The van der Waals surface area contributed by atoms with Gasteiger partial charge in [0.1, 0.15) is 18.1 Å². The van der Waals surface area contributed by atoms with Crippen molar-refractivity contribution >= 4 is 29.0 Å². The van der Waals surface area contributed by atoms with Gasteiger partial charge in [0.2, 0.25) is 0 Å². The zero-order valence-corrected chi connectivity index (χ0v) is 17.5. The van der Waals surface area contributed by atoms with Gasteiger partial charge >= 0.3 is 0 Å². The Balaban J connectivity index is 1.60. The van der Waals surface area contributed by atoms with Crippen molar-refractivity contribution in [1.29, 1.82) is 0 Å². The van der Waals surface area contributed by atoms with Crippen molar-refractivity contribution in [2.75, 3.05) is 18.8 Å². The Morgan fingerprint density at radius 3 is 2.80 bits per heavy atom. The van der Waals surface area contributed by atoms with Gasteiger partial charge in [0, 0.05) is 47.2 Å². The molecule has 3 aromatic rings. The van der Waals surface area contributed by atoms with E-state index >= 15 is 0 Å². The van der Waals surface area contributed by atoms with Gasteiger partial charge in [-0.2, -0.15) is 5.10 Å². The molecule has 3 heterocycles. The van der Waals surface area contributed by atoms with Crippen molar-refractivity contribution in [1.82, 2.24) is 20.1 Å². The summed E-state index contributed by atoms with van der Waals surface area (Å²) in [7, 11) is 0. The van der Waals surface area contributed by atoms with E-state index in [1.54, 1.807) is 36.3 Å². The van der Waals surface area contributed by atoms with Crippen LogP contribution in [0.4, 0.5) is 14.6 Å². The molecule has 1 saturated heterocycles. The number of rotatable bonds is 5. The molecule has 3 atom stereocenters. The average molecular weight is 454 g/mol. The van der Waals surface area contributed by atoms with Crippen molar-refractivity contribution < 1.29 is 13.5 Å². The molecule has 6 nitrogen and oxygen atoms in total. The highest BCUT2D eigenvalue weighted by Gasteiger charge is 2.29. The van der Waals surface area contributed by atoms with Crippen molar-refractivity contribution in [3.63, 3.8) is 0 Å². The molecule has 0 unspecified atom stereocenters. The minimum atomic E-state index is -0.997. The lowest BCUT2D eigenvalue weighted by molar-refractivity contribution is 0.227. The number of benzene rings is 1. The van der Waals surface area contributed by atoms with Crippen LogP contribution in [0.1, 0.15) is 24.6 Å². The van der Waals surface area contributed by atoms with Crippen molar-refractivity contribution in [2.45, 2.75) is 25.2 Å². The zero-order chi connectivity index (χ0) is 21.4. The van der Waals surface area contributed by atoms with Gasteiger partial charge < -0.3 is 15.8 Å². The maximum atomic E-state index is 14.0. The SMILES string of the molecule is C[C@@H](Oc1cc(-c2cnn([C@@H]3CNC[C@H]3F)c2)cnc1N)c1c(Cl)ccc(F)c1Cl. The summed E-state index contributed by atoms with van der Waals surface area (Å²) in [6.07, 6.45) is 3.29. The Bertz CT molecular complexity index is 1080. The number of nitrogens with two attached hydrogens (primary N) is 1. The summed E-state index contributed by atoms with van der Waals surface area (Å²) in [5, 5.41) is 7.46. The van der Waals surface area contributed by atoms with E-state index in [4.69, 9.17) is 33.7 Å². The summed E-state index contributed by atoms with van der Waals surface area (Å²) in [6.45, 7) is 2.51. The van der Waals surface area contributed by atoms with Gasteiger partial charge in [0.15, 0.2) is 11.6 Å². The van der Waals surface area contributed by atoms with Crippen LogP contribution in [0.15, 0.2) is 36.8 Å². The summed E-state index contributed by atoms with van der Waals surface area (Å²) < 4.78 is 35.4. The van der Waals surface area contributed by atoms with Crippen molar-refractivity contribution in [2.24, 2.45) is 0 Å². The summed E-state index contributed by atoms with van der Waals surface area (Å²) in [5.74, 6) is -0.146. The molecule has 2 aromatic heterocycles. The van der Waals surface area contributed by atoms with Gasteiger partial charge in [-0.3, -0.25) is 4.68 Å². The molecule has 158 valence electrons. The highest BCUT2D eigenvalue weighted by Crippen LogP contribution is 2.37. The zero-order valence-electron chi connectivity index (χ0n) is 15.9. The highest BCUT2D eigenvalue weighted by atomic mass is 35.5. The fourth-order valence-corrected chi connectivity index (χ4v) is 4.11. The number of pyridine rings is 1. The number of anilines is 1. The van der Waals surface area contributed by atoms with E-state index in [0.29, 0.717) is 24.2 Å². The molecule has 4 rings (SSSR count). The van der Waals surface area contributed by atoms with Crippen molar-refractivity contribution in [3.05, 3.63) is 58.2 Å². The average Bonchev–Trinajstić information content (AvgIpc) is 3.35. The second-order valence-electron chi connectivity index (χ2n) is 7.07. The second kappa shape index (κ2) is 8.37. The number of aromatic nitrogens is 3. The van der Waals surface area contributed by atoms with Crippen LogP contribution in [0.3, 0.4) is 0 Å². The number of halogens is 4. The third kappa shape index (κ3) is 3.95. The number of ether oxygens (including phenoxy) is 1. The maximum Gasteiger partial charge on any atom is 0.166 e. The first kappa shape index (κ1) is 20.8. The monoisotopic (exact) mass is 453 g/mol. The third-order valence-corrected chi connectivity index (χ3v) is 5.77. The fourth-order valence-electron chi connectivity index (χ4n) is 3.43. The first-order valence-corrected chi connectivity index (χ1v) is 10.1. The number of nitrogen functional groups attached to an aromatic ring is 1. The first-order chi connectivity index (χ1) is 14.3. The van der Waals surface area contributed by atoms with E-state index < -0.39 is 18.1 Å². The summed E-state index contributed by atoms with van der Waals surface area (Å²) in [6, 6.07) is 3.95. The Morgan fingerprint density at radius 2 is 2.07 bits per heavy atom. The topological polar surface area (TPSA) is 78.0 Å². The number of hydrogen-bond acceptors (Lipinski definition) is 5. The van der Waals surface area contributed by atoms with Crippen LogP contribution in [0.25, 0.3) is 11.1 Å². The van der Waals surface area contributed by atoms with E-state index in [0.717, 1.165) is 5.56 Å². The van der Waals surface area contributed by atoms with Crippen molar-refractivity contribution in [3.8, 4) is 16.9 Å². The van der Waals surface area contributed by atoms with Gasteiger partial charge in [-0.1, -0.05) is 23.2 Å². The van der Waals surface area contributed by atoms with Crippen LogP contribution in [-0.2, 0) is 0 Å². The van der Waals surface area contributed by atoms with Crippen LogP contribution >= 0.6 is 23.2 Å². The molecule has 1 aliphatic heterocycles. The molecule has 1 fully saturated rings. The van der Waals surface area contributed by atoms with E-state index in [-0.39, 0.29) is 27.7 Å². The Labute approximate surface area is 181 Å². The van der Waals surface area contributed by atoms with E-state index in [1.807, 2.05) is 0 Å². The highest BCUT2D eigenvalue weighted by molar-refractivity contribution is 6.36. The van der Waals surface area contributed by atoms with Gasteiger partial charge in [0.05, 0.1) is 17.3 Å². The molecule has 0 aliphatic carbocycles. The molecule has 0 spiro atoms. The molecule has 10 heteroatoms. The van der Waals surface area contributed by atoms with Gasteiger partial charge in [0.25, 0.3) is 0 Å². The number of nitrogens with one attached hydrogen (secondary N) is 1. The summed E-state index contributed by atoms with van der Waals surface area (Å²) in [4.78, 5) is 4.18. The van der Waals surface area contributed by atoms with Crippen LogP contribution in [-0.4, -0.2) is 34.0 Å². The standard InChI is InChI=1S/C20H19Cl2F2N5O/c1-10(18-13(21)2-3-14(23)19(18)22)30-17-4-11(5-27-20(17)25)12-6-28-29(9-12)16-8-26-7-15(16)24/h2-6,9-10,15-16,26H,7-8H2,1H3,(H2,25,27)/t10-,15-,16-/m1/s1. The Morgan fingerprint density at radius 1 is 1.27 bits per heavy atom. The number of alkyl halides is 1. The van der Waals surface area contributed by atoms with Crippen LogP contribution in [0.2, 0.25) is 10.0 Å². The number of hydrogen-bond donors (Lipinski definition) is 2. The lowest BCUT2D eigenvalue weighted by atomic mass is 10.1. The molecule has 30 heavy (non-hydrogen) atoms. The van der Waals surface area contributed by atoms with E-state index in [1.165, 1.54) is 12.1 Å². The van der Waals surface area contributed by atoms with E-state index in [2.05, 4.69) is 15.4 Å². The normalized spacial score (nSPS) is 19.8. The van der Waals surface area contributed by atoms with Crippen LogP contribution < -0.4 is 15.8 Å². The quantitative estimate of drug-likeness (QED) is 0.552. The Kier molecular flexibility index (Phi) is 5.81. The third-order valence-electron chi connectivity index (χ3n) is 5.06. The molecule has 0 amide bonds. The van der Waals surface area contributed by atoms with Gasteiger partial charge in [-0.15, -0.1) is 0 Å². The lowest BCUT2D eigenvalue weighted by Crippen LogP contribution is -2.18. The molecule has 1 aliphatic rings. The molecule has 1 aromatic carbocycles. The predicted octanol–water partition coefficient (Wildman–Crippen LogP) is 4.60. The minimum absolute atomic E-state index is 0.107. The van der Waals surface area contributed by atoms with Gasteiger partial charge in [-0.25, -0.2) is 13.8 Å². The fraction of sp³-hybridized carbons (Fsp3) is 0.300. The van der Waals surface area contributed by atoms with E-state index in [9.17, 15) is 8.78 Å². The van der Waals surface area contributed by atoms with Gasteiger partial charge in [-0.05, 0) is 25.1 Å². The minimum Gasteiger partial charge on any atom is -0.482 e. The second-order valence-corrected chi connectivity index (χ2v) is 7.86. The largest absolute Gasteiger partial charge is 0.482 e. The molecule has 0 saturated carbocycles. The lowest BCUT2D eigenvalue weighted by Gasteiger charge is -2.19. The first-order valence-electron chi connectivity index (χ1n) is 9.30. The molecular weight excluding hydrogens is 435 g/mol. The summed E-state index contributed by atoms with van der Waals surface area (Å²) in [5.41, 5.74) is 7.71. The molecular formula is C20H19Cl2F2N5O. The molecule has 0 bridgehead atoms. The molecule has 0 radical (unpaired) electrons. The summed E-state index contributed by atoms with van der Waals surface area (Å²) >= 11 is 12.3. The Hall–Kier alpha value is -2.42. The van der Waals surface area contributed by atoms with Crippen LogP contribution in [0.5, 0.6) is 5.75 Å². The predicted molar refractivity (Wildman–Crippen MR) is 112 cm³/mol. The maximum absolute atomic E-state index is 14.0.